The Hall–Kier alpha value is -1.84. The number of hydrogen-bond acceptors (Lipinski definition) is 3. The molecular formula is C15H17NO3. The van der Waals surface area contributed by atoms with Crippen molar-refractivity contribution in [2.75, 3.05) is 7.11 Å². The second kappa shape index (κ2) is 4.68. The molecular weight excluding hydrogens is 242 g/mol. The first-order valence-electron chi connectivity index (χ1n) is 6.68. The molecule has 0 radical (unpaired) electrons. The Morgan fingerprint density at radius 2 is 2.21 bits per heavy atom. The van der Waals surface area contributed by atoms with E-state index in [1.54, 1.807) is 13.2 Å². The van der Waals surface area contributed by atoms with Crippen molar-refractivity contribution in [2.24, 2.45) is 0 Å². The number of Topliss-reactive ketones (excluding diaryl/α,β-unsaturated/α-hetero) is 1. The molecule has 1 N–H and O–H groups in total. The molecule has 1 unspecified atom stereocenters. The second-order valence-electron chi connectivity index (χ2n) is 5.32. The summed E-state index contributed by atoms with van der Waals surface area (Å²) < 4.78 is 5.13. The standard InChI is InChI=1S/C15H17NO3/c1-19-11-4-5-12-9(6-14(17)13(12)8-11)7-15(18)16-10-2-3-10/h4-5,8-10H,2-3,6-7H2,1H3,(H,16,18). The van der Waals surface area contributed by atoms with E-state index in [9.17, 15) is 9.59 Å². The zero-order chi connectivity index (χ0) is 13.4. The van der Waals surface area contributed by atoms with Crippen molar-refractivity contribution < 1.29 is 14.3 Å². The van der Waals surface area contributed by atoms with Crippen LogP contribution in [-0.2, 0) is 4.79 Å². The summed E-state index contributed by atoms with van der Waals surface area (Å²) in [7, 11) is 1.59. The Morgan fingerprint density at radius 1 is 1.42 bits per heavy atom. The predicted molar refractivity (Wildman–Crippen MR) is 70.5 cm³/mol. The summed E-state index contributed by atoms with van der Waals surface area (Å²) >= 11 is 0. The maximum Gasteiger partial charge on any atom is 0.220 e. The van der Waals surface area contributed by atoms with Gasteiger partial charge in [0.25, 0.3) is 0 Å². The summed E-state index contributed by atoms with van der Waals surface area (Å²) in [6.07, 6.45) is 3.01. The summed E-state index contributed by atoms with van der Waals surface area (Å²) in [6.45, 7) is 0. The lowest BCUT2D eigenvalue weighted by atomic mass is 9.97. The molecule has 4 heteroatoms. The van der Waals surface area contributed by atoms with Gasteiger partial charge in [0.1, 0.15) is 5.75 Å². The van der Waals surface area contributed by atoms with Gasteiger partial charge in [0, 0.05) is 30.4 Å². The first-order valence-corrected chi connectivity index (χ1v) is 6.68. The second-order valence-corrected chi connectivity index (χ2v) is 5.32. The lowest BCUT2D eigenvalue weighted by Gasteiger charge is -2.11. The van der Waals surface area contributed by atoms with E-state index >= 15 is 0 Å². The van der Waals surface area contributed by atoms with E-state index in [-0.39, 0.29) is 17.6 Å². The van der Waals surface area contributed by atoms with E-state index in [2.05, 4.69) is 5.32 Å². The first kappa shape index (κ1) is 12.2. The molecule has 0 saturated heterocycles. The molecule has 1 aromatic carbocycles. The fraction of sp³-hybridized carbons (Fsp3) is 0.467. The average molecular weight is 259 g/mol. The number of ketones is 1. The Morgan fingerprint density at radius 3 is 2.89 bits per heavy atom. The maximum absolute atomic E-state index is 12.0. The van der Waals surface area contributed by atoms with Gasteiger partial charge >= 0.3 is 0 Å². The highest BCUT2D eigenvalue weighted by molar-refractivity contribution is 6.02. The number of methoxy groups -OCH3 is 1. The molecule has 1 aromatic rings. The van der Waals surface area contributed by atoms with Crippen LogP contribution < -0.4 is 10.1 Å². The third-order valence-electron chi connectivity index (χ3n) is 3.81. The van der Waals surface area contributed by atoms with Gasteiger partial charge in [-0.15, -0.1) is 0 Å². The van der Waals surface area contributed by atoms with E-state index in [1.807, 2.05) is 12.1 Å². The number of hydrogen-bond donors (Lipinski definition) is 1. The number of nitrogens with one attached hydrogen (secondary N) is 1. The van der Waals surface area contributed by atoms with Gasteiger partial charge in [-0.1, -0.05) is 6.07 Å². The van der Waals surface area contributed by atoms with Crippen LogP contribution in [0.25, 0.3) is 0 Å². The van der Waals surface area contributed by atoms with Gasteiger partial charge in [-0.25, -0.2) is 0 Å². The summed E-state index contributed by atoms with van der Waals surface area (Å²) in [4.78, 5) is 23.8. The molecule has 2 aliphatic carbocycles. The normalized spacial score (nSPS) is 21.1. The molecule has 100 valence electrons. The van der Waals surface area contributed by atoms with E-state index < -0.39 is 0 Å². The lowest BCUT2D eigenvalue weighted by Crippen LogP contribution is -2.26. The predicted octanol–water partition coefficient (Wildman–Crippen LogP) is 2.03. The molecule has 1 atom stereocenters. The quantitative estimate of drug-likeness (QED) is 0.900. The summed E-state index contributed by atoms with van der Waals surface area (Å²) in [5, 5.41) is 2.97. The summed E-state index contributed by atoms with van der Waals surface area (Å²) in [5.41, 5.74) is 1.69. The highest BCUT2D eigenvalue weighted by Gasteiger charge is 2.32. The topological polar surface area (TPSA) is 55.4 Å². The van der Waals surface area contributed by atoms with Crippen LogP contribution >= 0.6 is 0 Å². The van der Waals surface area contributed by atoms with Crippen LogP contribution in [0.5, 0.6) is 5.75 Å². The Bertz CT molecular complexity index is 534. The maximum atomic E-state index is 12.0. The van der Waals surface area contributed by atoms with E-state index in [4.69, 9.17) is 4.74 Å². The van der Waals surface area contributed by atoms with Gasteiger partial charge in [0.2, 0.25) is 5.91 Å². The van der Waals surface area contributed by atoms with E-state index in [0.29, 0.717) is 30.2 Å². The molecule has 0 aliphatic heterocycles. The number of ether oxygens (including phenoxy) is 1. The minimum Gasteiger partial charge on any atom is -0.497 e. The summed E-state index contributed by atoms with van der Waals surface area (Å²) in [6, 6.07) is 5.91. The number of fused-ring (bicyclic) bond motifs is 1. The summed E-state index contributed by atoms with van der Waals surface area (Å²) in [5.74, 6) is 0.879. The monoisotopic (exact) mass is 259 g/mol. The largest absolute Gasteiger partial charge is 0.497 e. The highest BCUT2D eigenvalue weighted by Crippen LogP contribution is 2.37. The van der Waals surface area contributed by atoms with Crippen molar-refractivity contribution in [3.8, 4) is 5.75 Å². The SMILES string of the molecule is COc1ccc2c(c1)C(=O)CC2CC(=O)NC1CC1. The van der Waals surface area contributed by atoms with Crippen molar-refractivity contribution in [1.29, 1.82) is 0 Å². The van der Waals surface area contributed by atoms with Gasteiger partial charge in [0.05, 0.1) is 7.11 Å². The van der Waals surface area contributed by atoms with Crippen molar-refractivity contribution in [1.82, 2.24) is 5.32 Å². The Labute approximate surface area is 112 Å². The van der Waals surface area contributed by atoms with Crippen molar-refractivity contribution >= 4 is 11.7 Å². The van der Waals surface area contributed by atoms with Crippen molar-refractivity contribution in [3.63, 3.8) is 0 Å². The van der Waals surface area contributed by atoms with Gasteiger partial charge < -0.3 is 10.1 Å². The van der Waals surface area contributed by atoms with Gasteiger partial charge in [0.15, 0.2) is 5.78 Å². The van der Waals surface area contributed by atoms with E-state index in [1.165, 1.54) is 0 Å². The molecule has 0 spiro atoms. The van der Waals surface area contributed by atoms with Crippen LogP contribution in [0.15, 0.2) is 18.2 Å². The van der Waals surface area contributed by atoms with Gasteiger partial charge in [-0.2, -0.15) is 0 Å². The lowest BCUT2D eigenvalue weighted by molar-refractivity contribution is -0.121. The molecule has 0 aromatic heterocycles. The molecule has 19 heavy (non-hydrogen) atoms. The molecule has 4 nitrogen and oxygen atoms in total. The molecule has 0 heterocycles. The third-order valence-corrected chi connectivity index (χ3v) is 3.81. The van der Waals surface area contributed by atoms with Gasteiger partial charge in [-0.05, 0) is 30.5 Å². The average Bonchev–Trinajstić information content (AvgIpc) is 3.15. The van der Waals surface area contributed by atoms with Crippen LogP contribution in [0.4, 0.5) is 0 Å². The number of carbonyl (C=O) groups excluding carboxylic acids is 2. The zero-order valence-electron chi connectivity index (χ0n) is 10.9. The highest BCUT2D eigenvalue weighted by atomic mass is 16.5. The molecule has 1 fully saturated rings. The van der Waals surface area contributed by atoms with Crippen LogP contribution in [0.3, 0.4) is 0 Å². The number of carbonyl (C=O) groups is 2. The minimum atomic E-state index is 0.0205. The first-order chi connectivity index (χ1) is 9.17. The van der Waals surface area contributed by atoms with Crippen LogP contribution in [0.2, 0.25) is 0 Å². The minimum absolute atomic E-state index is 0.0205. The Balaban J connectivity index is 1.75. The molecule has 2 aliphatic rings. The number of benzene rings is 1. The van der Waals surface area contributed by atoms with E-state index in [0.717, 1.165) is 18.4 Å². The van der Waals surface area contributed by atoms with Crippen LogP contribution in [-0.4, -0.2) is 24.8 Å². The molecule has 1 saturated carbocycles. The smallest absolute Gasteiger partial charge is 0.220 e. The molecule has 3 rings (SSSR count). The molecule has 1 amide bonds. The number of rotatable bonds is 4. The van der Waals surface area contributed by atoms with Gasteiger partial charge in [-0.3, -0.25) is 9.59 Å². The van der Waals surface area contributed by atoms with Crippen molar-refractivity contribution in [2.45, 2.75) is 37.6 Å². The fourth-order valence-corrected chi connectivity index (χ4v) is 2.62. The van der Waals surface area contributed by atoms with Crippen LogP contribution in [0, 0.1) is 0 Å². The third kappa shape index (κ3) is 2.48. The Kier molecular flexibility index (Phi) is 3.01. The van der Waals surface area contributed by atoms with Crippen molar-refractivity contribution in [3.05, 3.63) is 29.3 Å². The fourth-order valence-electron chi connectivity index (χ4n) is 2.62. The number of amides is 1. The van der Waals surface area contributed by atoms with Crippen LogP contribution in [0.1, 0.15) is 47.5 Å². The molecule has 0 bridgehead atoms. The zero-order valence-corrected chi connectivity index (χ0v) is 10.9.